The molecule has 7 nitrogen and oxygen atoms in total. The van der Waals surface area contributed by atoms with Crippen LogP contribution in [0.5, 0.6) is 0 Å². The van der Waals surface area contributed by atoms with Gasteiger partial charge in [-0.05, 0) is 29.6 Å². The van der Waals surface area contributed by atoms with E-state index in [0.717, 1.165) is 12.2 Å². The van der Waals surface area contributed by atoms with Crippen LogP contribution in [0.3, 0.4) is 0 Å². The number of hydrogen-bond acceptors (Lipinski definition) is 6. The van der Waals surface area contributed by atoms with Crippen LogP contribution in [0.2, 0.25) is 0 Å². The molecule has 2 N–H and O–H groups in total. The zero-order chi connectivity index (χ0) is 19.2. The van der Waals surface area contributed by atoms with Gasteiger partial charge in [-0.1, -0.05) is 23.9 Å². The smallest absolute Gasteiger partial charge is 0.234 e. The lowest BCUT2D eigenvalue weighted by molar-refractivity contribution is -0.114. The van der Waals surface area contributed by atoms with Crippen molar-refractivity contribution in [1.82, 2.24) is 14.8 Å². The van der Waals surface area contributed by atoms with Crippen LogP contribution in [0, 0.1) is 0 Å². The Morgan fingerprint density at radius 3 is 2.63 bits per heavy atom. The Balaban J connectivity index is 1.55. The minimum Gasteiger partial charge on any atom is -0.326 e. The Bertz CT molecular complexity index is 937. The van der Waals surface area contributed by atoms with Crippen LogP contribution >= 0.6 is 23.1 Å². The lowest BCUT2D eigenvalue weighted by Crippen LogP contribution is -2.15. The summed E-state index contributed by atoms with van der Waals surface area (Å²) < 4.78 is 1.91. The molecule has 0 atom stereocenters. The van der Waals surface area contributed by atoms with E-state index in [2.05, 4.69) is 26.9 Å². The van der Waals surface area contributed by atoms with Gasteiger partial charge in [0.1, 0.15) is 5.82 Å². The quantitative estimate of drug-likeness (QED) is 0.594. The van der Waals surface area contributed by atoms with Crippen LogP contribution in [-0.4, -0.2) is 32.3 Å². The molecule has 0 aliphatic carbocycles. The lowest BCUT2D eigenvalue weighted by Gasteiger charge is -2.08. The number of thioether (sulfide) groups is 1. The van der Waals surface area contributed by atoms with Crippen molar-refractivity contribution in [1.29, 1.82) is 0 Å². The van der Waals surface area contributed by atoms with Crippen molar-refractivity contribution < 1.29 is 9.59 Å². The third kappa shape index (κ3) is 5.41. The fourth-order valence-electron chi connectivity index (χ4n) is 2.40. The summed E-state index contributed by atoms with van der Waals surface area (Å²) >= 11 is 3.02. The summed E-state index contributed by atoms with van der Waals surface area (Å²) in [7, 11) is 1.90. The second-order valence-electron chi connectivity index (χ2n) is 5.81. The molecule has 0 spiro atoms. The van der Waals surface area contributed by atoms with Gasteiger partial charge < -0.3 is 15.2 Å². The molecule has 0 saturated carbocycles. The van der Waals surface area contributed by atoms with Crippen molar-refractivity contribution in [3.05, 3.63) is 52.5 Å². The first-order chi connectivity index (χ1) is 13.0. The van der Waals surface area contributed by atoms with E-state index in [0.29, 0.717) is 16.5 Å². The molecule has 2 heterocycles. The monoisotopic (exact) mass is 401 g/mol. The molecule has 0 aliphatic rings. The number of benzene rings is 1. The molecule has 0 unspecified atom stereocenters. The van der Waals surface area contributed by atoms with Gasteiger partial charge in [0.15, 0.2) is 5.16 Å². The van der Waals surface area contributed by atoms with Gasteiger partial charge in [0, 0.05) is 36.6 Å². The summed E-state index contributed by atoms with van der Waals surface area (Å²) in [6, 6.07) is 11.1. The van der Waals surface area contributed by atoms with E-state index in [1.165, 1.54) is 23.6 Å². The van der Waals surface area contributed by atoms with Crippen LogP contribution in [0.1, 0.15) is 17.6 Å². The highest BCUT2D eigenvalue weighted by atomic mass is 32.2. The van der Waals surface area contributed by atoms with Gasteiger partial charge in [-0.15, -0.1) is 21.5 Å². The van der Waals surface area contributed by atoms with Gasteiger partial charge in [-0.3, -0.25) is 9.59 Å². The molecule has 9 heteroatoms. The number of hydrogen-bond donors (Lipinski definition) is 2. The number of carbonyl (C=O) groups excluding carboxylic acids is 2. The number of aromatic nitrogens is 3. The zero-order valence-corrected chi connectivity index (χ0v) is 16.6. The number of rotatable bonds is 7. The summed E-state index contributed by atoms with van der Waals surface area (Å²) in [5.74, 6) is 0.774. The molecule has 0 saturated heterocycles. The van der Waals surface area contributed by atoms with E-state index in [1.807, 2.05) is 23.1 Å². The third-order valence-corrected chi connectivity index (χ3v) is 5.53. The van der Waals surface area contributed by atoms with E-state index in [4.69, 9.17) is 0 Å². The van der Waals surface area contributed by atoms with Gasteiger partial charge in [0.2, 0.25) is 11.8 Å². The normalized spacial score (nSPS) is 10.6. The van der Waals surface area contributed by atoms with Crippen molar-refractivity contribution >= 4 is 46.3 Å². The van der Waals surface area contributed by atoms with Crippen molar-refractivity contribution in [2.75, 3.05) is 16.4 Å². The topological polar surface area (TPSA) is 88.9 Å². The second-order valence-corrected chi connectivity index (χ2v) is 7.79. The highest BCUT2D eigenvalue weighted by Gasteiger charge is 2.12. The summed E-state index contributed by atoms with van der Waals surface area (Å²) in [6.07, 6.45) is 0.726. The lowest BCUT2D eigenvalue weighted by atomic mass is 10.2. The van der Waals surface area contributed by atoms with Crippen LogP contribution in [-0.2, 0) is 23.1 Å². The number of carbonyl (C=O) groups is 2. The third-order valence-electron chi connectivity index (χ3n) is 3.64. The van der Waals surface area contributed by atoms with Crippen molar-refractivity contribution in [2.45, 2.75) is 18.5 Å². The molecule has 3 rings (SSSR count). The minimum atomic E-state index is -0.158. The molecule has 0 fully saturated rings. The molecule has 1 aromatic carbocycles. The summed E-state index contributed by atoms with van der Waals surface area (Å²) in [5, 5.41) is 16.6. The standard InChI is InChI=1S/C18H19N5O2S2/c1-12(24)19-13-5-3-6-14(9-13)20-17(25)11-27-18-22-21-16(23(18)2)10-15-7-4-8-26-15/h3-9H,10-11H2,1-2H3,(H,19,24)(H,20,25). The van der Waals surface area contributed by atoms with E-state index in [-0.39, 0.29) is 17.6 Å². The summed E-state index contributed by atoms with van der Waals surface area (Å²) in [6.45, 7) is 1.44. The number of anilines is 2. The molecule has 0 aliphatic heterocycles. The molecule has 2 amide bonds. The highest BCUT2D eigenvalue weighted by molar-refractivity contribution is 7.99. The van der Waals surface area contributed by atoms with Gasteiger partial charge in [0.05, 0.1) is 5.75 Å². The Kier molecular flexibility index (Phi) is 6.25. The number of nitrogens with one attached hydrogen (secondary N) is 2. The van der Waals surface area contributed by atoms with Crippen molar-refractivity contribution in [3.8, 4) is 0 Å². The van der Waals surface area contributed by atoms with Crippen LogP contribution in [0.4, 0.5) is 11.4 Å². The van der Waals surface area contributed by atoms with E-state index >= 15 is 0 Å². The maximum atomic E-state index is 12.2. The molecule has 0 radical (unpaired) electrons. The molecule has 2 aromatic heterocycles. The molecule has 140 valence electrons. The Morgan fingerprint density at radius 2 is 1.93 bits per heavy atom. The molecule has 3 aromatic rings. The first-order valence-corrected chi connectivity index (χ1v) is 10.1. The molecular weight excluding hydrogens is 382 g/mol. The predicted molar refractivity (Wildman–Crippen MR) is 108 cm³/mol. The van der Waals surface area contributed by atoms with Gasteiger partial charge in [-0.2, -0.15) is 0 Å². The van der Waals surface area contributed by atoms with Crippen LogP contribution < -0.4 is 10.6 Å². The zero-order valence-electron chi connectivity index (χ0n) is 14.9. The fourth-order valence-corrected chi connectivity index (χ4v) is 3.83. The maximum absolute atomic E-state index is 12.2. The Morgan fingerprint density at radius 1 is 1.15 bits per heavy atom. The maximum Gasteiger partial charge on any atom is 0.234 e. The van der Waals surface area contributed by atoms with Crippen LogP contribution in [0.25, 0.3) is 0 Å². The van der Waals surface area contributed by atoms with E-state index in [1.54, 1.807) is 35.6 Å². The van der Waals surface area contributed by atoms with E-state index < -0.39 is 0 Å². The largest absolute Gasteiger partial charge is 0.326 e. The molecule has 0 bridgehead atoms. The Labute approximate surface area is 165 Å². The minimum absolute atomic E-state index is 0.150. The Hall–Kier alpha value is -2.65. The first-order valence-electron chi connectivity index (χ1n) is 8.22. The van der Waals surface area contributed by atoms with E-state index in [9.17, 15) is 9.59 Å². The average molecular weight is 402 g/mol. The van der Waals surface area contributed by atoms with Gasteiger partial charge >= 0.3 is 0 Å². The number of thiophene rings is 1. The first kappa shape index (κ1) is 19.1. The van der Waals surface area contributed by atoms with Crippen LogP contribution in [0.15, 0.2) is 46.9 Å². The van der Waals surface area contributed by atoms with Gasteiger partial charge in [-0.25, -0.2) is 0 Å². The second kappa shape index (κ2) is 8.83. The average Bonchev–Trinajstić information content (AvgIpc) is 3.24. The molecular formula is C18H19N5O2S2. The molecule has 27 heavy (non-hydrogen) atoms. The fraction of sp³-hybridized carbons (Fsp3) is 0.222. The highest BCUT2D eigenvalue weighted by Crippen LogP contribution is 2.20. The number of nitrogens with zero attached hydrogens (tertiary/aromatic N) is 3. The van der Waals surface area contributed by atoms with Crippen molar-refractivity contribution in [3.63, 3.8) is 0 Å². The SMILES string of the molecule is CC(=O)Nc1cccc(NC(=O)CSc2nnc(Cc3cccs3)n2C)c1. The predicted octanol–water partition coefficient (Wildman–Crippen LogP) is 3.16. The van der Waals surface area contributed by atoms with Gasteiger partial charge in [0.25, 0.3) is 0 Å². The summed E-state index contributed by atoms with van der Waals surface area (Å²) in [5.41, 5.74) is 1.27. The van der Waals surface area contributed by atoms with Crippen molar-refractivity contribution in [2.24, 2.45) is 7.05 Å². The number of amides is 2. The summed E-state index contributed by atoms with van der Waals surface area (Å²) in [4.78, 5) is 24.6.